The van der Waals surface area contributed by atoms with E-state index in [4.69, 9.17) is 0 Å². The number of hydrogen-bond donors (Lipinski definition) is 1. The average Bonchev–Trinajstić information content (AvgIpc) is 1.69. The molecule has 3 heteroatoms. The normalized spacial score (nSPS) is 14.9. The molecule has 0 bridgehead atoms. The molecular formula is C5H9ClN2. The average molecular weight is 133 g/mol. The topological polar surface area (TPSA) is 15.3 Å². The molecule has 0 saturated carbocycles. The van der Waals surface area contributed by atoms with Crippen LogP contribution in [-0.2, 0) is 0 Å². The van der Waals surface area contributed by atoms with Gasteiger partial charge in [-0.25, -0.2) is 0 Å². The molecule has 0 aromatic heterocycles. The van der Waals surface area contributed by atoms with E-state index in [-0.39, 0.29) is 12.4 Å². The third-order valence-electron chi connectivity index (χ3n) is 0.795. The highest BCUT2D eigenvalue weighted by Gasteiger charge is 1.83. The molecule has 46 valence electrons. The molecule has 0 atom stereocenters. The Morgan fingerprint density at radius 1 is 1.38 bits per heavy atom. The monoisotopic (exact) mass is 132 g/mol. The van der Waals surface area contributed by atoms with Crippen molar-refractivity contribution >= 4 is 12.4 Å². The van der Waals surface area contributed by atoms with Crippen LogP contribution >= 0.6 is 12.4 Å². The van der Waals surface area contributed by atoms with E-state index in [1.54, 1.807) is 0 Å². The van der Waals surface area contributed by atoms with Crippen molar-refractivity contribution < 1.29 is 0 Å². The van der Waals surface area contributed by atoms with Crippen LogP contribution in [0.5, 0.6) is 0 Å². The molecule has 1 aliphatic heterocycles. The van der Waals surface area contributed by atoms with Gasteiger partial charge in [-0.2, -0.15) is 0 Å². The number of nitrogens with one attached hydrogen (secondary N) is 1. The third kappa shape index (κ3) is 1.89. The summed E-state index contributed by atoms with van der Waals surface area (Å²) in [5, 5.41) is 1.88. The van der Waals surface area contributed by atoms with Crippen LogP contribution in [0.3, 0.4) is 0 Å². The Bertz CT molecular complexity index is 109. The first-order chi connectivity index (χ1) is 3.39. The van der Waals surface area contributed by atoms with E-state index >= 15 is 0 Å². The highest BCUT2D eigenvalue weighted by molar-refractivity contribution is 5.85. The fourth-order valence-corrected chi connectivity index (χ4v) is 0.438. The minimum absolute atomic E-state index is 0. The summed E-state index contributed by atoms with van der Waals surface area (Å²) in [6.45, 7) is 0. The summed E-state index contributed by atoms with van der Waals surface area (Å²) in [5.41, 5.74) is 2.95. The number of halogens is 1. The molecule has 0 aliphatic carbocycles. The number of hydrazine groups is 1. The zero-order valence-corrected chi connectivity index (χ0v) is 5.48. The van der Waals surface area contributed by atoms with Gasteiger partial charge in [0, 0.05) is 19.4 Å². The third-order valence-corrected chi connectivity index (χ3v) is 0.795. The fourth-order valence-electron chi connectivity index (χ4n) is 0.438. The number of allylic oxidation sites excluding steroid dienone is 2. The van der Waals surface area contributed by atoms with Crippen molar-refractivity contribution in [3.63, 3.8) is 0 Å². The Balaban J connectivity index is 0.000000490. The predicted octanol–water partition coefficient (Wildman–Crippen LogP) is 0.886. The number of hydrogen-bond acceptors (Lipinski definition) is 2. The first-order valence-electron chi connectivity index (χ1n) is 2.22. The van der Waals surface area contributed by atoms with E-state index < -0.39 is 0 Å². The summed E-state index contributed by atoms with van der Waals surface area (Å²) >= 11 is 0. The second-order valence-corrected chi connectivity index (χ2v) is 1.44. The van der Waals surface area contributed by atoms with Crippen molar-refractivity contribution in [2.24, 2.45) is 0 Å². The molecule has 8 heavy (non-hydrogen) atoms. The molecule has 1 aliphatic rings. The first kappa shape index (κ1) is 7.37. The molecule has 1 rings (SSSR count). The van der Waals surface area contributed by atoms with Crippen LogP contribution in [0.4, 0.5) is 0 Å². The molecule has 0 spiro atoms. The van der Waals surface area contributed by atoms with Gasteiger partial charge in [0.05, 0.1) is 0 Å². The number of nitrogens with zero attached hydrogens (tertiary/aromatic N) is 1. The van der Waals surface area contributed by atoms with Gasteiger partial charge in [0.1, 0.15) is 0 Å². The van der Waals surface area contributed by atoms with Gasteiger partial charge >= 0.3 is 0 Å². The summed E-state index contributed by atoms with van der Waals surface area (Å²) in [7, 11) is 1.94. The molecule has 0 aromatic carbocycles. The highest BCUT2D eigenvalue weighted by Crippen LogP contribution is 1.85. The lowest BCUT2D eigenvalue weighted by Crippen LogP contribution is -2.25. The van der Waals surface area contributed by atoms with Crippen LogP contribution in [0.2, 0.25) is 0 Å². The van der Waals surface area contributed by atoms with E-state index in [0.29, 0.717) is 0 Å². The Labute approximate surface area is 55.2 Å². The van der Waals surface area contributed by atoms with E-state index in [2.05, 4.69) is 5.43 Å². The van der Waals surface area contributed by atoms with Crippen LogP contribution in [0.1, 0.15) is 0 Å². The van der Waals surface area contributed by atoms with Crippen LogP contribution in [0, 0.1) is 0 Å². The SMILES string of the molecule is CN1C=CC=CN1.Cl. The summed E-state index contributed by atoms with van der Waals surface area (Å²) in [6, 6.07) is 0. The molecule has 0 fully saturated rings. The highest BCUT2D eigenvalue weighted by atomic mass is 35.5. The molecule has 0 saturated heterocycles. The fraction of sp³-hybridized carbons (Fsp3) is 0.200. The molecule has 1 N–H and O–H groups in total. The maximum atomic E-state index is 2.95. The Morgan fingerprint density at radius 3 is 2.38 bits per heavy atom. The van der Waals surface area contributed by atoms with Gasteiger partial charge < -0.3 is 5.43 Å². The molecule has 0 radical (unpaired) electrons. The van der Waals surface area contributed by atoms with E-state index in [1.807, 2.05) is 36.6 Å². The second-order valence-electron chi connectivity index (χ2n) is 1.44. The maximum absolute atomic E-state index is 2.95. The molecule has 0 unspecified atom stereocenters. The van der Waals surface area contributed by atoms with Crippen LogP contribution < -0.4 is 5.43 Å². The predicted molar refractivity (Wildman–Crippen MR) is 36.4 cm³/mol. The lowest BCUT2D eigenvalue weighted by molar-refractivity contribution is 0.382. The van der Waals surface area contributed by atoms with Gasteiger partial charge in [-0.1, -0.05) is 0 Å². The van der Waals surface area contributed by atoms with Crippen molar-refractivity contribution in [1.29, 1.82) is 0 Å². The van der Waals surface area contributed by atoms with Gasteiger partial charge in [-0.15, -0.1) is 12.4 Å². The quantitative estimate of drug-likeness (QED) is 0.527. The Kier molecular flexibility index (Phi) is 3.12. The molecule has 2 nitrogen and oxygen atoms in total. The van der Waals surface area contributed by atoms with Crippen molar-refractivity contribution in [3.8, 4) is 0 Å². The Hall–Kier alpha value is -0.630. The summed E-state index contributed by atoms with van der Waals surface area (Å²) in [4.78, 5) is 0. The van der Waals surface area contributed by atoms with Crippen molar-refractivity contribution in [1.82, 2.24) is 10.4 Å². The molecule has 1 heterocycles. The summed E-state index contributed by atoms with van der Waals surface area (Å²) in [6.07, 6.45) is 7.73. The van der Waals surface area contributed by atoms with Crippen molar-refractivity contribution in [3.05, 3.63) is 24.6 Å². The minimum Gasteiger partial charge on any atom is -0.307 e. The van der Waals surface area contributed by atoms with Crippen LogP contribution in [0.15, 0.2) is 24.6 Å². The zero-order valence-electron chi connectivity index (χ0n) is 4.66. The van der Waals surface area contributed by atoms with Gasteiger partial charge in [0.15, 0.2) is 0 Å². The standard InChI is InChI=1S/C5H8N2.ClH/c1-7-5-3-2-4-6-7;/h2-6H,1H3;1H. The largest absolute Gasteiger partial charge is 0.307 e. The minimum atomic E-state index is 0. The van der Waals surface area contributed by atoms with Gasteiger partial charge in [-0.3, -0.25) is 5.01 Å². The maximum Gasteiger partial charge on any atom is 0.0274 e. The number of rotatable bonds is 0. The van der Waals surface area contributed by atoms with Gasteiger partial charge in [-0.05, 0) is 12.2 Å². The lowest BCUT2D eigenvalue weighted by atomic mass is 10.5. The van der Waals surface area contributed by atoms with E-state index in [1.165, 1.54) is 0 Å². The second kappa shape index (κ2) is 3.38. The van der Waals surface area contributed by atoms with Crippen molar-refractivity contribution in [2.75, 3.05) is 7.05 Å². The summed E-state index contributed by atoms with van der Waals surface area (Å²) < 4.78 is 0. The van der Waals surface area contributed by atoms with Gasteiger partial charge in [0.25, 0.3) is 0 Å². The summed E-state index contributed by atoms with van der Waals surface area (Å²) in [5.74, 6) is 0. The lowest BCUT2D eigenvalue weighted by Gasteiger charge is -2.14. The first-order valence-corrected chi connectivity index (χ1v) is 2.22. The van der Waals surface area contributed by atoms with E-state index in [0.717, 1.165) is 0 Å². The van der Waals surface area contributed by atoms with Gasteiger partial charge in [0.2, 0.25) is 0 Å². The van der Waals surface area contributed by atoms with Crippen LogP contribution in [-0.4, -0.2) is 12.1 Å². The van der Waals surface area contributed by atoms with Crippen LogP contribution in [0.25, 0.3) is 0 Å². The molecule has 0 amide bonds. The smallest absolute Gasteiger partial charge is 0.0274 e. The van der Waals surface area contributed by atoms with Crippen molar-refractivity contribution in [2.45, 2.75) is 0 Å². The zero-order chi connectivity index (χ0) is 5.11. The molecular weight excluding hydrogens is 124 g/mol. The Morgan fingerprint density at radius 2 is 2.12 bits per heavy atom. The molecule has 0 aromatic rings. The van der Waals surface area contributed by atoms with E-state index in [9.17, 15) is 0 Å².